The number of hydrogen-bond donors (Lipinski definition) is 0. The fourth-order valence-corrected chi connectivity index (χ4v) is 5.95. The first-order chi connectivity index (χ1) is 25.2. The van der Waals surface area contributed by atoms with Gasteiger partial charge in [-0.05, 0) is 93.3 Å². The Morgan fingerprint density at radius 3 is 1.06 bits per heavy atom. The van der Waals surface area contributed by atoms with E-state index in [9.17, 15) is 0 Å². The molecule has 0 saturated heterocycles. The van der Waals surface area contributed by atoms with Crippen LogP contribution in [-0.4, -0.2) is 7.05 Å². The van der Waals surface area contributed by atoms with E-state index in [0.29, 0.717) is 0 Å². The Labute approximate surface area is 304 Å². The maximum atomic E-state index is 2.31. The molecule has 0 aliphatic heterocycles. The summed E-state index contributed by atoms with van der Waals surface area (Å²) < 4.78 is 0. The van der Waals surface area contributed by atoms with Gasteiger partial charge in [0.25, 0.3) is 0 Å². The molecule has 0 fully saturated rings. The third kappa shape index (κ3) is 9.12. The number of anilines is 5. The van der Waals surface area contributed by atoms with Crippen LogP contribution in [0.5, 0.6) is 0 Å². The van der Waals surface area contributed by atoms with Crippen molar-refractivity contribution in [3.05, 3.63) is 200 Å². The van der Waals surface area contributed by atoms with Crippen molar-refractivity contribution in [1.82, 2.24) is 0 Å². The van der Waals surface area contributed by atoms with Crippen molar-refractivity contribution in [3.63, 3.8) is 0 Å². The smallest absolute Gasteiger partial charge is 0.0468 e. The minimum Gasteiger partial charge on any atom is -0.345 e. The average molecular weight is 665 g/mol. The molecule has 0 saturated carbocycles. The number of benzene rings is 8. The van der Waals surface area contributed by atoms with Crippen molar-refractivity contribution in [3.8, 4) is 11.1 Å². The van der Waals surface area contributed by atoms with Crippen molar-refractivity contribution in [2.45, 2.75) is 27.7 Å². The van der Waals surface area contributed by atoms with E-state index in [1.165, 1.54) is 38.4 Å². The van der Waals surface area contributed by atoms with Crippen molar-refractivity contribution < 1.29 is 0 Å². The number of hydrogen-bond acceptors (Lipinski definition) is 2. The maximum absolute atomic E-state index is 2.31. The summed E-state index contributed by atoms with van der Waals surface area (Å²) in [4.78, 5) is 4.52. The van der Waals surface area contributed by atoms with Crippen molar-refractivity contribution >= 4 is 50.0 Å². The Balaban J connectivity index is 0.000000303. The van der Waals surface area contributed by atoms with Gasteiger partial charge in [0.2, 0.25) is 0 Å². The predicted molar refractivity (Wildman–Crippen MR) is 225 cm³/mol. The fraction of sp³-hybridized carbons (Fsp3) is 0.102. The normalized spacial score (nSPS) is 10.1. The molecule has 8 aromatic rings. The second-order valence-electron chi connectivity index (χ2n) is 11.5. The molecule has 0 spiro atoms. The summed E-state index contributed by atoms with van der Waals surface area (Å²) in [7, 11) is 2.10. The predicted octanol–water partition coefficient (Wildman–Crippen LogP) is 14.6. The molecular formula is C49H48N2. The highest BCUT2D eigenvalue weighted by atomic mass is 15.1. The topological polar surface area (TPSA) is 6.48 Å². The number of rotatable bonds is 6. The molecule has 8 rings (SSSR count). The molecule has 0 aliphatic rings. The Morgan fingerprint density at radius 2 is 0.588 bits per heavy atom. The summed E-state index contributed by atoms with van der Waals surface area (Å²) in [6.45, 7) is 8.00. The van der Waals surface area contributed by atoms with Crippen LogP contribution in [0.4, 0.5) is 28.4 Å². The molecule has 0 bridgehead atoms. The molecule has 8 aromatic carbocycles. The van der Waals surface area contributed by atoms with E-state index in [0.717, 1.165) is 22.7 Å². The average Bonchev–Trinajstić information content (AvgIpc) is 3.23. The summed E-state index contributed by atoms with van der Waals surface area (Å²) in [5, 5.41) is 5.10. The fourth-order valence-electron chi connectivity index (χ4n) is 5.95. The van der Waals surface area contributed by atoms with Gasteiger partial charge >= 0.3 is 0 Å². The van der Waals surface area contributed by atoms with E-state index in [1.54, 1.807) is 0 Å². The molecule has 0 atom stereocenters. The molecule has 0 aromatic heterocycles. The quantitative estimate of drug-likeness (QED) is 0.175. The van der Waals surface area contributed by atoms with E-state index in [-0.39, 0.29) is 0 Å². The summed E-state index contributed by atoms with van der Waals surface area (Å²) in [6.07, 6.45) is 0. The van der Waals surface area contributed by atoms with Crippen molar-refractivity contribution in [1.29, 1.82) is 0 Å². The molecule has 0 N–H and O–H groups in total. The van der Waals surface area contributed by atoms with Crippen LogP contribution in [-0.2, 0) is 0 Å². The Bertz CT molecular complexity index is 2120. The van der Waals surface area contributed by atoms with E-state index in [4.69, 9.17) is 0 Å². The third-order valence-corrected chi connectivity index (χ3v) is 8.52. The zero-order valence-electron chi connectivity index (χ0n) is 30.4. The summed E-state index contributed by atoms with van der Waals surface area (Å²) >= 11 is 0. The van der Waals surface area contributed by atoms with Gasteiger partial charge in [0.15, 0.2) is 0 Å². The van der Waals surface area contributed by atoms with E-state index in [1.807, 2.05) is 33.8 Å². The second kappa shape index (κ2) is 18.6. The van der Waals surface area contributed by atoms with Gasteiger partial charge in [-0.1, -0.05) is 167 Å². The minimum atomic E-state index is 1.13. The molecule has 0 amide bonds. The largest absolute Gasteiger partial charge is 0.345 e. The molecule has 0 radical (unpaired) electrons. The lowest BCUT2D eigenvalue weighted by atomic mass is 10.0. The Hall–Kier alpha value is -6.12. The second-order valence-corrected chi connectivity index (χ2v) is 11.5. The van der Waals surface area contributed by atoms with Gasteiger partial charge in [-0.25, -0.2) is 0 Å². The summed E-state index contributed by atoms with van der Waals surface area (Å²) in [5.74, 6) is 0. The molecule has 254 valence electrons. The number of nitrogens with zero attached hydrogens (tertiary/aromatic N) is 2. The van der Waals surface area contributed by atoms with E-state index < -0.39 is 0 Å². The Kier molecular flexibility index (Phi) is 13.2. The van der Waals surface area contributed by atoms with Crippen LogP contribution in [0.1, 0.15) is 27.7 Å². The summed E-state index contributed by atoms with van der Waals surface area (Å²) in [6, 6.07) is 70.5. The lowest BCUT2D eigenvalue weighted by Gasteiger charge is -2.26. The van der Waals surface area contributed by atoms with Gasteiger partial charge in [0.05, 0.1) is 0 Å². The van der Waals surface area contributed by atoms with Gasteiger partial charge in [-0.2, -0.15) is 0 Å². The van der Waals surface area contributed by atoms with Crippen LogP contribution in [0.25, 0.3) is 32.7 Å². The van der Waals surface area contributed by atoms with E-state index in [2.05, 4.69) is 211 Å². The van der Waals surface area contributed by atoms with Crippen molar-refractivity contribution in [2.24, 2.45) is 0 Å². The number of fused-ring (bicyclic) bond motifs is 2. The minimum absolute atomic E-state index is 1.13. The van der Waals surface area contributed by atoms with Gasteiger partial charge in [0, 0.05) is 35.5 Å². The van der Waals surface area contributed by atoms with Crippen LogP contribution < -0.4 is 9.80 Å². The first-order valence-electron chi connectivity index (χ1n) is 18.0. The summed E-state index contributed by atoms with van der Waals surface area (Å²) in [5.41, 5.74) is 8.15. The standard InChI is InChI=1S/C35H28N2.C10H8.2C2H6/c1-36(31-12-4-2-5-13-31)32-21-16-28(17-22-32)29-18-23-34(24-19-29)37(33-14-6-3-7-15-33)35-25-20-27-10-8-9-11-30(27)26-35;1-2-6-10-8-4-3-7-9(10)5-1;2*1-2/h2-26H,1H3;1-8H;2*1-2H3. The SMILES string of the molecule is CC.CC.CN(c1ccccc1)c1ccc(-c2ccc(N(c3ccccc3)c3ccc4ccccc4c3)cc2)cc1.c1ccc2ccccc2c1. The highest BCUT2D eigenvalue weighted by Crippen LogP contribution is 2.37. The monoisotopic (exact) mass is 664 g/mol. The molecular weight excluding hydrogens is 617 g/mol. The lowest BCUT2D eigenvalue weighted by Crippen LogP contribution is -2.09. The highest BCUT2D eigenvalue weighted by molar-refractivity contribution is 5.89. The third-order valence-electron chi connectivity index (χ3n) is 8.52. The van der Waals surface area contributed by atoms with E-state index >= 15 is 0 Å². The van der Waals surface area contributed by atoms with Crippen LogP contribution in [0.3, 0.4) is 0 Å². The zero-order valence-corrected chi connectivity index (χ0v) is 30.4. The molecule has 0 unspecified atom stereocenters. The molecule has 51 heavy (non-hydrogen) atoms. The first-order valence-corrected chi connectivity index (χ1v) is 18.0. The lowest BCUT2D eigenvalue weighted by molar-refractivity contribution is 1.21. The highest BCUT2D eigenvalue weighted by Gasteiger charge is 2.13. The van der Waals surface area contributed by atoms with Gasteiger partial charge in [-0.3, -0.25) is 0 Å². The molecule has 2 nitrogen and oxygen atoms in total. The van der Waals surface area contributed by atoms with Crippen molar-refractivity contribution in [2.75, 3.05) is 16.8 Å². The van der Waals surface area contributed by atoms with Crippen LogP contribution >= 0.6 is 0 Å². The zero-order chi connectivity index (χ0) is 35.8. The molecule has 0 aliphatic carbocycles. The first kappa shape index (κ1) is 36.2. The van der Waals surface area contributed by atoms with Gasteiger partial charge < -0.3 is 9.80 Å². The molecule has 0 heterocycles. The number of para-hydroxylation sites is 2. The van der Waals surface area contributed by atoms with Gasteiger partial charge in [0.1, 0.15) is 0 Å². The van der Waals surface area contributed by atoms with Gasteiger partial charge in [-0.15, -0.1) is 0 Å². The molecule has 2 heteroatoms. The van der Waals surface area contributed by atoms with Crippen LogP contribution in [0.15, 0.2) is 200 Å². The van der Waals surface area contributed by atoms with Crippen LogP contribution in [0, 0.1) is 0 Å². The Morgan fingerprint density at radius 1 is 0.275 bits per heavy atom. The van der Waals surface area contributed by atoms with Crippen LogP contribution in [0.2, 0.25) is 0 Å². The maximum Gasteiger partial charge on any atom is 0.0468 e.